The third kappa shape index (κ3) is 2.14. The highest BCUT2D eigenvalue weighted by atomic mass is 19.1. The Hall–Kier alpha value is -2.09. The van der Waals surface area contributed by atoms with Crippen LogP contribution in [0.2, 0.25) is 0 Å². The van der Waals surface area contributed by atoms with E-state index in [9.17, 15) is 4.39 Å². The van der Waals surface area contributed by atoms with E-state index in [0.717, 1.165) is 29.8 Å². The molecule has 96 valence electrons. The van der Waals surface area contributed by atoms with Crippen LogP contribution in [0.1, 0.15) is 16.7 Å². The highest BCUT2D eigenvalue weighted by Crippen LogP contribution is 2.28. The van der Waals surface area contributed by atoms with Gasteiger partial charge in [0, 0.05) is 17.8 Å². The molecular weight excluding hydrogens is 237 g/mol. The first kappa shape index (κ1) is 12.0. The van der Waals surface area contributed by atoms with Crippen molar-refractivity contribution in [1.29, 1.82) is 0 Å². The zero-order valence-electron chi connectivity index (χ0n) is 11.0. The Morgan fingerprint density at radius 1 is 1.11 bits per heavy atom. The minimum absolute atomic E-state index is 0.153. The van der Waals surface area contributed by atoms with Gasteiger partial charge >= 0.3 is 0 Å². The average molecular weight is 253 g/mol. The standard InChI is InChI=1S/C17H16FN/c1-11-9-13(4-6-17(11)18)14-3-5-16-12(2)19-8-7-15(16)10-14/h3-6,9-10,19H,2,7-8H2,1H3. The van der Waals surface area contributed by atoms with Gasteiger partial charge in [0.1, 0.15) is 5.82 Å². The molecule has 0 fully saturated rings. The fraction of sp³-hybridized carbons (Fsp3) is 0.176. The first-order valence-corrected chi connectivity index (χ1v) is 6.48. The first-order valence-electron chi connectivity index (χ1n) is 6.48. The molecule has 3 rings (SSSR count). The van der Waals surface area contributed by atoms with Gasteiger partial charge in [-0.15, -0.1) is 0 Å². The zero-order chi connectivity index (χ0) is 13.4. The van der Waals surface area contributed by atoms with Crippen LogP contribution in [0.15, 0.2) is 43.0 Å². The van der Waals surface area contributed by atoms with E-state index in [1.807, 2.05) is 12.1 Å². The summed E-state index contributed by atoms with van der Waals surface area (Å²) in [5, 5.41) is 3.27. The SMILES string of the molecule is C=C1NCCc2cc(-c3ccc(F)c(C)c3)ccc21. The summed E-state index contributed by atoms with van der Waals surface area (Å²) in [6, 6.07) is 11.6. The van der Waals surface area contributed by atoms with Crippen molar-refractivity contribution >= 4 is 5.70 Å². The van der Waals surface area contributed by atoms with Gasteiger partial charge in [-0.2, -0.15) is 0 Å². The maximum Gasteiger partial charge on any atom is 0.126 e. The quantitative estimate of drug-likeness (QED) is 0.812. The minimum atomic E-state index is -0.153. The molecule has 0 atom stereocenters. The summed E-state index contributed by atoms with van der Waals surface area (Å²) in [4.78, 5) is 0. The van der Waals surface area contributed by atoms with Gasteiger partial charge in [0.15, 0.2) is 0 Å². The molecule has 1 aliphatic rings. The number of hydrogen-bond acceptors (Lipinski definition) is 1. The van der Waals surface area contributed by atoms with E-state index >= 15 is 0 Å². The molecule has 2 aromatic carbocycles. The molecule has 0 unspecified atom stereocenters. The minimum Gasteiger partial charge on any atom is -0.385 e. The summed E-state index contributed by atoms with van der Waals surface area (Å²) >= 11 is 0. The number of hydrogen-bond donors (Lipinski definition) is 1. The van der Waals surface area contributed by atoms with Gasteiger partial charge in [-0.05, 0) is 47.7 Å². The number of benzene rings is 2. The van der Waals surface area contributed by atoms with Crippen molar-refractivity contribution in [2.45, 2.75) is 13.3 Å². The fourth-order valence-electron chi connectivity index (χ4n) is 2.54. The van der Waals surface area contributed by atoms with Crippen molar-refractivity contribution in [2.24, 2.45) is 0 Å². The molecule has 2 heteroatoms. The number of halogens is 1. The van der Waals surface area contributed by atoms with Gasteiger partial charge in [-0.1, -0.05) is 30.8 Å². The van der Waals surface area contributed by atoms with E-state index in [-0.39, 0.29) is 5.82 Å². The van der Waals surface area contributed by atoms with Gasteiger partial charge in [0.05, 0.1) is 0 Å². The van der Waals surface area contributed by atoms with Crippen molar-refractivity contribution < 1.29 is 4.39 Å². The molecule has 19 heavy (non-hydrogen) atoms. The first-order chi connectivity index (χ1) is 9.15. The van der Waals surface area contributed by atoms with E-state index in [0.29, 0.717) is 5.56 Å². The van der Waals surface area contributed by atoms with Gasteiger partial charge < -0.3 is 5.32 Å². The third-order valence-corrected chi connectivity index (χ3v) is 3.65. The number of nitrogens with one attached hydrogen (secondary N) is 1. The maximum atomic E-state index is 13.3. The lowest BCUT2D eigenvalue weighted by atomic mass is 9.93. The molecule has 0 bridgehead atoms. The van der Waals surface area contributed by atoms with Crippen molar-refractivity contribution in [3.63, 3.8) is 0 Å². The van der Waals surface area contributed by atoms with Crippen LogP contribution in [0, 0.1) is 12.7 Å². The highest BCUT2D eigenvalue weighted by Gasteiger charge is 2.12. The van der Waals surface area contributed by atoms with Crippen LogP contribution in [-0.2, 0) is 6.42 Å². The normalized spacial score (nSPS) is 13.9. The van der Waals surface area contributed by atoms with Crippen LogP contribution in [0.3, 0.4) is 0 Å². The topological polar surface area (TPSA) is 12.0 Å². The summed E-state index contributed by atoms with van der Waals surface area (Å²) in [5.41, 5.74) is 6.36. The Bertz CT molecular complexity index is 658. The van der Waals surface area contributed by atoms with E-state index in [2.05, 4.69) is 30.1 Å². The highest BCUT2D eigenvalue weighted by molar-refractivity contribution is 5.73. The summed E-state index contributed by atoms with van der Waals surface area (Å²) in [6.45, 7) is 6.75. The molecular formula is C17H16FN. The summed E-state index contributed by atoms with van der Waals surface area (Å²) < 4.78 is 13.3. The van der Waals surface area contributed by atoms with Crippen LogP contribution in [0.25, 0.3) is 16.8 Å². The Morgan fingerprint density at radius 3 is 2.63 bits per heavy atom. The lowest BCUT2D eigenvalue weighted by Gasteiger charge is -2.21. The van der Waals surface area contributed by atoms with Crippen LogP contribution in [0.4, 0.5) is 4.39 Å². The predicted molar refractivity (Wildman–Crippen MR) is 77.3 cm³/mol. The fourth-order valence-corrected chi connectivity index (χ4v) is 2.54. The Labute approximate surface area is 112 Å². The van der Waals surface area contributed by atoms with Crippen LogP contribution in [-0.4, -0.2) is 6.54 Å². The molecule has 0 radical (unpaired) electrons. The number of rotatable bonds is 1. The summed E-state index contributed by atoms with van der Waals surface area (Å²) in [7, 11) is 0. The molecule has 0 saturated heterocycles. The monoisotopic (exact) mass is 253 g/mol. The molecule has 1 N–H and O–H groups in total. The van der Waals surface area contributed by atoms with Gasteiger partial charge in [0.2, 0.25) is 0 Å². The van der Waals surface area contributed by atoms with E-state index in [1.165, 1.54) is 17.2 Å². The van der Waals surface area contributed by atoms with Crippen molar-refractivity contribution in [1.82, 2.24) is 5.32 Å². The van der Waals surface area contributed by atoms with Crippen molar-refractivity contribution in [3.05, 3.63) is 65.5 Å². The zero-order valence-corrected chi connectivity index (χ0v) is 11.0. The van der Waals surface area contributed by atoms with Crippen molar-refractivity contribution in [2.75, 3.05) is 6.54 Å². The average Bonchev–Trinajstić information content (AvgIpc) is 2.42. The molecule has 1 aliphatic heterocycles. The molecule has 0 aromatic heterocycles. The number of fused-ring (bicyclic) bond motifs is 1. The Morgan fingerprint density at radius 2 is 1.84 bits per heavy atom. The summed E-state index contributed by atoms with van der Waals surface area (Å²) in [6.07, 6.45) is 1.00. The molecule has 0 aliphatic carbocycles. The molecule has 1 nitrogen and oxygen atoms in total. The third-order valence-electron chi connectivity index (χ3n) is 3.65. The molecule has 0 saturated carbocycles. The second-order valence-corrected chi connectivity index (χ2v) is 4.99. The van der Waals surface area contributed by atoms with Gasteiger partial charge in [-0.3, -0.25) is 0 Å². The van der Waals surface area contributed by atoms with Crippen LogP contribution < -0.4 is 5.32 Å². The maximum absolute atomic E-state index is 13.3. The second-order valence-electron chi connectivity index (χ2n) is 4.99. The van der Waals surface area contributed by atoms with E-state index in [4.69, 9.17) is 0 Å². The van der Waals surface area contributed by atoms with Crippen molar-refractivity contribution in [3.8, 4) is 11.1 Å². The summed E-state index contributed by atoms with van der Waals surface area (Å²) in [5.74, 6) is -0.153. The Balaban J connectivity index is 2.06. The van der Waals surface area contributed by atoms with Crippen LogP contribution in [0.5, 0.6) is 0 Å². The lowest BCUT2D eigenvalue weighted by molar-refractivity contribution is 0.619. The van der Waals surface area contributed by atoms with Crippen LogP contribution >= 0.6 is 0 Å². The number of aryl methyl sites for hydroxylation is 1. The molecule has 0 amide bonds. The lowest BCUT2D eigenvalue weighted by Crippen LogP contribution is -2.21. The predicted octanol–water partition coefficient (Wildman–Crippen LogP) is 3.92. The van der Waals surface area contributed by atoms with E-state index in [1.54, 1.807) is 6.92 Å². The Kier molecular flexibility index (Phi) is 2.86. The smallest absolute Gasteiger partial charge is 0.126 e. The second kappa shape index (κ2) is 4.54. The molecule has 1 heterocycles. The van der Waals surface area contributed by atoms with Gasteiger partial charge in [-0.25, -0.2) is 4.39 Å². The molecule has 0 spiro atoms. The largest absolute Gasteiger partial charge is 0.385 e. The molecule has 2 aromatic rings. The van der Waals surface area contributed by atoms with E-state index < -0.39 is 0 Å². The van der Waals surface area contributed by atoms with Gasteiger partial charge in [0.25, 0.3) is 0 Å².